The van der Waals surface area contributed by atoms with E-state index in [0.29, 0.717) is 5.56 Å². The summed E-state index contributed by atoms with van der Waals surface area (Å²) in [5.74, 6) is -0.112. The lowest BCUT2D eigenvalue weighted by Gasteiger charge is -2.16. The molecule has 0 aliphatic rings. The molecule has 1 amide bonds. The van der Waals surface area contributed by atoms with Crippen molar-refractivity contribution < 1.29 is 4.79 Å². The average molecular weight is 305 g/mol. The number of anilines is 2. The Morgan fingerprint density at radius 3 is 2.65 bits per heavy atom. The zero-order chi connectivity index (χ0) is 16.2. The van der Waals surface area contributed by atoms with Crippen molar-refractivity contribution in [1.82, 2.24) is 4.98 Å². The summed E-state index contributed by atoms with van der Waals surface area (Å²) in [6.45, 7) is 3.02. The van der Waals surface area contributed by atoms with Gasteiger partial charge in [0.05, 0.1) is 5.52 Å². The Kier molecular flexibility index (Phi) is 4.24. The normalized spacial score (nSPS) is 10.5. The zero-order valence-corrected chi connectivity index (χ0v) is 13.3. The van der Waals surface area contributed by atoms with Crippen molar-refractivity contribution in [2.24, 2.45) is 0 Å². The van der Waals surface area contributed by atoms with Gasteiger partial charge in [0, 0.05) is 42.1 Å². The van der Waals surface area contributed by atoms with Crippen LogP contribution in [0.15, 0.2) is 60.8 Å². The monoisotopic (exact) mass is 305 g/mol. The van der Waals surface area contributed by atoms with E-state index in [0.717, 1.165) is 28.8 Å². The minimum absolute atomic E-state index is 0.112. The van der Waals surface area contributed by atoms with Gasteiger partial charge >= 0.3 is 0 Å². The molecular formula is C19H19N3O. The quantitative estimate of drug-likeness (QED) is 0.794. The van der Waals surface area contributed by atoms with Gasteiger partial charge in [0.1, 0.15) is 0 Å². The third-order valence-corrected chi connectivity index (χ3v) is 3.91. The second-order valence-electron chi connectivity index (χ2n) is 5.43. The number of nitrogens with zero attached hydrogens (tertiary/aromatic N) is 2. The Morgan fingerprint density at radius 1 is 1.13 bits per heavy atom. The summed E-state index contributed by atoms with van der Waals surface area (Å²) in [5.41, 5.74) is 3.42. The molecule has 3 aromatic rings. The van der Waals surface area contributed by atoms with Gasteiger partial charge in [0.25, 0.3) is 5.91 Å². The van der Waals surface area contributed by atoms with Crippen LogP contribution in [0, 0.1) is 0 Å². The van der Waals surface area contributed by atoms with Crippen LogP contribution in [0.5, 0.6) is 0 Å². The highest BCUT2D eigenvalue weighted by Gasteiger charge is 2.07. The predicted molar refractivity (Wildman–Crippen MR) is 95.1 cm³/mol. The Hall–Kier alpha value is -2.88. The molecule has 0 aliphatic heterocycles. The van der Waals surface area contributed by atoms with Crippen LogP contribution in [-0.4, -0.2) is 24.5 Å². The van der Waals surface area contributed by atoms with Crippen LogP contribution in [0.1, 0.15) is 17.3 Å². The van der Waals surface area contributed by atoms with Crippen molar-refractivity contribution in [2.75, 3.05) is 23.8 Å². The first kappa shape index (κ1) is 15.0. The molecule has 23 heavy (non-hydrogen) atoms. The molecule has 0 bridgehead atoms. The molecule has 4 nitrogen and oxygen atoms in total. The third kappa shape index (κ3) is 3.31. The molecule has 0 aliphatic carbocycles. The van der Waals surface area contributed by atoms with Crippen molar-refractivity contribution in [3.63, 3.8) is 0 Å². The number of hydrogen-bond donors (Lipinski definition) is 1. The molecule has 3 rings (SSSR count). The maximum atomic E-state index is 12.4. The second kappa shape index (κ2) is 6.48. The van der Waals surface area contributed by atoms with Gasteiger partial charge in [-0.05, 0) is 55.5 Å². The van der Waals surface area contributed by atoms with E-state index in [1.807, 2.05) is 61.6 Å². The standard InChI is InChI=1S/C19H19N3O/c1-3-22(2)17-9-6-14(7-10-17)19(23)21-16-8-11-18-15(13-16)5-4-12-20-18/h4-13H,3H2,1-2H3,(H,21,23). The van der Waals surface area contributed by atoms with E-state index in [1.54, 1.807) is 6.20 Å². The maximum absolute atomic E-state index is 12.4. The highest BCUT2D eigenvalue weighted by Crippen LogP contribution is 2.19. The molecule has 4 heteroatoms. The van der Waals surface area contributed by atoms with Crippen LogP contribution in [0.3, 0.4) is 0 Å². The van der Waals surface area contributed by atoms with E-state index in [2.05, 4.69) is 22.1 Å². The fraction of sp³-hybridized carbons (Fsp3) is 0.158. The lowest BCUT2D eigenvalue weighted by atomic mass is 10.1. The van der Waals surface area contributed by atoms with Crippen LogP contribution < -0.4 is 10.2 Å². The lowest BCUT2D eigenvalue weighted by Crippen LogP contribution is -2.16. The molecule has 0 saturated heterocycles. The maximum Gasteiger partial charge on any atom is 0.255 e. The number of benzene rings is 2. The van der Waals surface area contributed by atoms with E-state index < -0.39 is 0 Å². The molecular weight excluding hydrogens is 286 g/mol. The minimum atomic E-state index is -0.112. The van der Waals surface area contributed by atoms with Gasteiger partial charge in [-0.3, -0.25) is 9.78 Å². The summed E-state index contributed by atoms with van der Waals surface area (Å²) in [4.78, 5) is 18.8. The number of aromatic nitrogens is 1. The fourth-order valence-electron chi connectivity index (χ4n) is 2.41. The van der Waals surface area contributed by atoms with Crippen LogP contribution in [0.4, 0.5) is 11.4 Å². The van der Waals surface area contributed by atoms with Crippen molar-refractivity contribution in [1.29, 1.82) is 0 Å². The van der Waals surface area contributed by atoms with Crippen LogP contribution in [0.25, 0.3) is 10.9 Å². The molecule has 0 fully saturated rings. The molecule has 0 spiro atoms. The van der Waals surface area contributed by atoms with Gasteiger partial charge in [0.15, 0.2) is 0 Å². The van der Waals surface area contributed by atoms with Gasteiger partial charge in [0.2, 0.25) is 0 Å². The topological polar surface area (TPSA) is 45.2 Å². The number of hydrogen-bond acceptors (Lipinski definition) is 3. The predicted octanol–water partition coefficient (Wildman–Crippen LogP) is 3.94. The Morgan fingerprint density at radius 2 is 1.91 bits per heavy atom. The van der Waals surface area contributed by atoms with Gasteiger partial charge in [-0.25, -0.2) is 0 Å². The van der Waals surface area contributed by atoms with Crippen LogP contribution >= 0.6 is 0 Å². The molecule has 0 unspecified atom stereocenters. The number of nitrogens with one attached hydrogen (secondary N) is 1. The van der Waals surface area contributed by atoms with E-state index in [4.69, 9.17) is 0 Å². The fourth-order valence-corrected chi connectivity index (χ4v) is 2.41. The number of amides is 1. The summed E-state index contributed by atoms with van der Waals surface area (Å²) in [7, 11) is 2.03. The molecule has 1 aromatic heterocycles. The molecule has 1 heterocycles. The summed E-state index contributed by atoms with van der Waals surface area (Å²) >= 11 is 0. The third-order valence-electron chi connectivity index (χ3n) is 3.91. The number of fused-ring (bicyclic) bond motifs is 1. The zero-order valence-electron chi connectivity index (χ0n) is 13.3. The molecule has 0 atom stereocenters. The molecule has 116 valence electrons. The molecule has 1 N–H and O–H groups in total. The smallest absolute Gasteiger partial charge is 0.255 e. The van der Waals surface area contributed by atoms with Crippen LogP contribution in [-0.2, 0) is 0 Å². The van der Waals surface area contributed by atoms with Gasteiger partial charge in [-0.15, -0.1) is 0 Å². The first-order valence-electron chi connectivity index (χ1n) is 7.64. The van der Waals surface area contributed by atoms with Crippen LogP contribution in [0.2, 0.25) is 0 Å². The summed E-state index contributed by atoms with van der Waals surface area (Å²) < 4.78 is 0. The second-order valence-corrected chi connectivity index (χ2v) is 5.43. The van der Waals surface area contributed by atoms with Gasteiger partial charge in [-0.1, -0.05) is 6.07 Å². The Balaban J connectivity index is 1.77. The van der Waals surface area contributed by atoms with E-state index in [9.17, 15) is 4.79 Å². The largest absolute Gasteiger partial charge is 0.375 e. The van der Waals surface area contributed by atoms with Crippen molar-refractivity contribution in [3.8, 4) is 0 Å². The lowest BCUT2D eigenvalue weighted by molar-refractivity contribution is 0.102. The summed E-state index contributed by atoms with van der Waals surface area (Å²) in [6.07, 6.45) is 1.76. The van der Waals surface area contributed by atoms with E-state index in [-0.39, 0.29) is 5.91 Å². The average Bonchev–Trinajstić information content (AvgIpc) is 2.61. The number of carbonyl (C=O) groups excluding carboxylic acids is 1. The highest BCUT2D eigenvalue weighted by molar-refractivity contribution is 6.05. The Bertz CT molecular complexity index is 827. The number of carbonyl (C=O) groups is 1. The minimum Gasteiger partial charge on any atom is -0.375 e. The Labute approximate surface area is 135 Å². The summed E-state index contributed by atoms with van der Waals surface area (Å²) in [6, 6.07) is 17.2. The highest BCUT2D eigenvalue weighted by atomic mass is 16.1. The van der Waals surface area contributed by atoms with E-state index in [1.165, 1.54) is 0 Å². The summed E-state index contributed by atoms with van der Waals surface area (Å²) in [5, 5.41) is 3.94. The van der Waals surface area contributed by atoms with Gasteiger partial charge in [-0.2, -0.15) is 0 Å². The van der Waals surface area contributed by atoms with Crippen molar-refractivity contribution >= 4 is 28.2 Å². The first-order chi connectivity index (χ1) is 11.2. The molecule has 2 aromatic carbocycles. The van der Waals surface area contributed by atoms with E-state index >= 15 is 0 Å². The molecule has 0 saturated carbocycles. The van der Waals surface area contributed by atoms with Crippen molar-refractivity contribution in [3.05, 3.63) is 66.4 Å². The molecule has 0 radical (unpaired) electrons. The van der Waals surface area contributed by atoms with Crippen molar-refractivity contribution in [2.45, 2.75) is 6.92 Å². The number of pyridine rings is 1. The first-order valence-corrected chi connectivity index (χ1v) is 7.64. The van der Waals surface area contributed by atoms with Gasteiger partial charge < -0.3 is 10.2 Å². The SMILES string of the molecule is CCN(C)c1ccc(C(=O)Nc2ccc3ncccc3c2)cc1. The number of rotatable bonds is 4.